The first-order chi connectivity index (χ1) is 6.23. The van der Waals surface area contributed by atoms with Crippen LogP contribution < -0.4 is 5.43 Å². The third-order valence-electron chi connectivity index (χ3n) is 2.18. The second-order valence-corrected chi connectivity index (χ2v) is 3.08. The molecule has 1 aromatic carbocycles. The van der Waals surface area contributed by atoms with Crippen LogP contribution in [0.3, 0.4) is 0 Å². The zero-order valence-corrected chi connectivity index (χ0v) is 7.19. The molecular weight excluding hydrogens is 166 g/mol. The molecule has 0 spiro atoms. The first-order valence-electron chi connectivity index (χ1n) is 4.01. The summed E-state index contributed by atoms with van der Waals surface area (Å²) in [5.74, 6) is -0.182. The molecule has 2 rings (SSSR count). The van der Waals surface area contributed by atoms with Crippen LogP contribution in [0.5, 0.6) is 0 Å². The Kier molecular flexibility index (Phi) is 1.62. The molecule has 1 aliphatic rings. The standard InChI is InChI=1S/C9H9N3O/c1-9(8(13)10-12-11-9)7-5-3-2-4-6-7/h2-6H,1H3,(H,10,11,13). The minimum Gasteiger partial charge on any atom is -0.270 e. The molecule has 1 aliphatic heterocycles. The predicted octanol–water partition coefficient (Wildman–Crippen LogP) is 1.40. The van der Waals surface area contributed by atoms with Crippen molar-refractivity contribution in [2.45, 2.75) is 12.5 Å². The lowest BCUT2D eigenvalue weighted by Crippen LogP contribution is -2.32. The Hall–Kier alpha value is -1.71. The minimum absolute atomic E-state index is 0.182. The van der Waals surface area contributed by atoms with Crippen LogP contribution in [0.2, 0.25) is 0 Å². The van der Waals surface area contributed by atoms with Crippen LogP contribution in [0, 0.1) is 0 Å². The molecule has 0 aromatic heterocycles. The van der Waals surface area contributed by atoms with Crippen molar-refractivity contribution in [1.29, 1.82) is 0 Å². The second kappa shape index (κ2) is 2.65. The minimum atomic E-state index is -0.846. The van der Waals surface area contributed by atoms with Gasteiger partial charge < -0.3 is 0 Å². The maximum Gasteiger partial charge on any atom is 0.275 e. The molecule has 4 heteroatoms. The fourth-order valence-electron chi connectivity index (χ4n) is 1.28. The third kappa shape index (κ3) is 1.11. The predicted molar refractivity (Wildman–Crippen MR) is 46.8 cm³/mol. The van der Waals surface area contributed by atoms with E-state index in [1.807, 2.05) is 30.3 Å². The van der Waals surface area contributed by atoms with Gasteiger partial charge in [0.05, 0.1) is 0 Å². The zero-order valence-electron chi connectivity index (χ0n) is 7.19. The zero-order chi connectivity index (χ0) is 9.31. The van der Waals surface area contributed by atoms with Gasteiger partial charge in [-0.3, -0.25) is 4.79 Å². The van der Waals surface area contributed by atoms with Crippen LogP contribution in [0.15, 0.2) is 40.7 Å². The average molecular weight is 175 g/mol. The maximum atomic E-state index is 11.4. The second-order valence-electron chi connectivity index (χ2n) is 3.08. The van der Waals surface area contributed by atoms with E-state index in [0.29, 0.717) is 0 Å². The number of hydrogen-bond donors (Lipinski definition) is 1. The van der Waals surface area contributed by atoms with E-state index >= 15 is 0 Å². The Morgan fingerprint density at radius 1 is 1.31 bits per heavy atom. The van der Waals surface area contributed by atoms with Gasteiger partial charge in [0.2, 0.25) is 0 Å². The molecule has 1 amide bonds. The highest BCUT2D eigenvalue weighted by Crippen LogP contribution is 2.28. The molecule has 0 saturated carbocycles. The highest BCUT2D eigenvalue weighted by molar-refractivity contribution is 5.88. The fourth-order valence-corrected chi connectivity index (χ4v) is 1.28. The van der Waals surface area contributed by atoms with E-state index in [2.05, 4.69) is 15.8 Å². The van der Waals surface area contributed by atoms with Gasteiger partial charge in [-0.2, -0.15) is 0 Å². The normalized spacial score (nSPS) is 26.1. The lowest BCUT2D eigenvalue weighted by molar-refractivity contribution is -0.124. The summed E-state index contributed by atoms with van der Waals surface area (Å²) in [6.45, 7) is 1.74. The van der Waals surface area contributed by atoms with Crippen LogP contribution in [-0.2, 0) is 10.3 Å². The summed E-state index contributed by atoms with van der Waals surface area (Å²) < 4.78 is 0. The summed E-state index contributed by atoms with van der Waals surface area (Å²) in [6.07, 6.45) is 0. The molecule has 4 nitrogen and oxygen atoms in total. The van der Waals surface area contributed by atoms with E-state index < -0.39 is 5.54 Å². The number of carbonyl (C=O) groups is 1. The van der Waals surface area contributed by atoms with Crippen molar-refractivity contribution in [2.24, 2.45) is 10.3 Å². The highest BCUT2D eigenvalue weighted by Gasteiger charge is 2.38. The summed E-state index contributed by atoms with van der Waals surface area (Å²) >= 11 is 0. The molecule has 0 radical (unpaired) electrons. The van der Waals surface area contributed by atoms with E-state index in [9.17, 15) is 4.79 Å². The Balaban J connectivity index is 2.46. The van der Waals surface area contributed by atoms with Crippen molar-refractivity contribution in [3.8, 4) is 0 Å². The van der Waals surface area contributed by atoms with Crippen LogP contribution in [0.25, 0.3) is 0 Å². The van der Waals surface area contributed by atoms with Crippen LogP contribution in [0.4, 0.5) is 0 Å². The SMILES string of the molecule is CC1(c2ccccc2)N=NNC1=O. The summed E-state index contributed by atoms with van der Waals surface area (Å²) in [4.78, 5) is 11.4. The van der Waals surface area contributed by atoms with Gasteiger partial charge in [-0.25, -0.2) is 5.43 Å². The first-order valence-corrected chi connectivity index (χ1v) is 4.01. The van der Waals surface area contributed by atoms with Gasteiger partial charge in [0.15, 0.2) is 5.54 Å². The largest absolute Gasteiger partial charge is 0.275 e. The smallest absolute Gasteiger partial charge is 0.270 e. The molecule has 0 saturated heterocycles. The Labute approximate surface area is 75.6 Å². The summed E-state index contributed by atoms with van der Waals surface area (Å²) in [6, 6.07) is 9.38. The number of nitrogens with zero attached hydrogens (tertiary/aromatic N) is 2. The molecule has 1 unspecified atom stereocenters. The number of nitrogens with one attached hydrogen (secondary N) is 1. The molecule has 13 heavy (non-hydrogen) atoms. The van der Waals surface area contributed by atoms with E-state index in [4.69, 9.17) is 0 Å². The first kappa shape index (κ1) is 7.91. The van der Waals surface area contributed by atoms with Gasteiger partial charge in [-0.05, 0) is 12.5 Å². The Morgan fingerprint density at radius 3 is 2.54 bits per heavy atom. The van der Waals surface area contributed by atoms with E-state index in [1.165, 1.54) is 0 Å². The van der Waals surface area contributed by atoms with Crippen LogP contribution in [-0.4, -0.2) is 5.91 Å². The Bertz CT molecular complexity index is 360. The van der Waals surface area contributed by atoms with Crippen molar-refractivity contribution in [1.82, 2.24) is 5.43 Å². The van der Waals surface area contributed by atoms with Gasteiger partial charge in [0, 0.05) is 0 Å². The van der Waals surface area contributed by atoms with Crippen molar-refractivity contribution in [3.63, 3.8) is 0 Å². The summed E-state index contributed by atoms with van der Waals surface area (Å²) in [5.41, 5.74) is 2.34. The van der Waals surface area contributed by atoms with Gasteiger partial charge >= 0.3 is 0 Å². The Morgan fingerprint density at radius 2 is 2.00 bits per heavy atom. The third-order valence-corrected chi connectivity index (χ3v) is 2.18. The van der Waals surface area contributed by atoms with E-state index in [-0.39, 0.29) is 5.91 Å². The topological polar surface area (TPSA) is 53.8 Å². The van der Waals surface area contributed by atoms with Crippen LogP contribution >= 0.6 is 0 Å². The summed E-state index contributed by atoms with van der Waals surface area (Å²) in [5, 5.41) is 7.40. The van der Waals surface area contributed by atoms with E-state index in [1.54, 1.807) is 6.92 Å². The number of hydrogen-bond acceptors (Lipinski definition) is 3. The van der Waals surface area contributed by atoms with Gasteiger partial charge in [0.25, 0.3) is 5.91 Å². The van der Waals surface area contributed by atoms with E-state index in [0.717, 1.165) is 5.56 Å². The molecule has 1 N–H and O–H groups in total. The van der Waals surface area contributed by atoms with Crippen molar-refractivity contribution in [3.05, 3.63) is 35.9 Å². The monoisotopic (exact) mass is 175 g/mol. The highest BCUT2D eigenvalue weighted by atomic mass is 16.2. The summed E-state index contributed by atoms with van der Waals surface area (Å²) in [7, 11) is 0. The van der Waals surface area contributed by atoms with Crippen molar-refractivity contribution in [2.75, 3.05) is 0 Å². The molecule has 66 valence electrons. The molecule has 1 heterocycles. The number of benzene rings is 1. The van der Waals surface area contributed by atoms with Crippen molar-refractivity contribution >= 4 is 5.91 Å². The van der Waals surface area contributed by atoms with Gasteiger partial charge in [-0.1, -0.05) is 35.6 Å². The lowest BCUT2D eigenvalue weighted by atomic mass is 9.93. The molecular formula is C9H9N3O. The van der Waals surface area contributed by atoms with Crippen molar-refractivity contribution < 1.29 is 4.79 Å². The van der Waals surface area contributed by atoms with Gasteiger partial charge in [0.1, 0.15) is 0 Å². The van der Waals surface area contributed by atoms with Gasteiger partial charge in [-0.15, -0.1) is 5.11 Å². The molecule has 0 fully saturated rings. The average Bonchev–Trinajstić information content (AvgIpc) is 2.50. The quantitative estimate of drug-likeness (QED) is 0.689. The van der Waals surface area contributed by atoms with Crippen LogP contribution in [0.1, 0.15) is 12.5 Å². The lowest BCUT2D eigenvalue weighted by Gasteiger charge is -2.15. The number of rotatable bonds is 1. The number of carbonyl (C=O) groups excluding carboxylic acids is 1. The molecule has 1 atom stereocenters. The number of amides is 1. The fraction of sp³-hybridized carbons (Fsp3) is 0.222. The molecule has 0 bridgehead atoms. The molecule has 1 aromatic rings. The molecule has 0 aliphatic carbocycles. The maximum absolute atomic E-state index is 11.4.